The van der Waals surface area contributed by atoms with Gasteiger partial charge in [0.15, 0.2) is 0 Å². The summed E-state index contributed by atoms with van der Waals surface area (Å²) < 4.78 is 0. The number of carbonyl (C=O) groups is 1. The Kier molecular flexibility index (Phi) is 4.24. The first-order valence-electron chi connectivity index (χ1n) is 7.56. The highest BCUT2D eigenvalue weighted by Crippen LogP contribution is 2.31. The van der Waals surface area contributed by atoms with Gasteiger partial charge in [0.25, 0.3) is 0 Å². The predicted octanol–water partition coefficient (Wildman–Crippen LogP) is 3.40. The van der Waals surface area contributed by atoms with Crippen molar-refractivity contribution in [1.29, 1.82) is 0 Å². The molecule has 0 saturated carbocycles. The van der Waals surface area contributed by atoms with E-state index in [1.54, 1.807) is 0 Å². The number of nitrogens with zero attached hydrogens (tertiary/aromatic N) is 1. The van der Waals surface area contributed by atoms with E-state index in [4.69, 9.17) is 0 Å². The molecule has 22 heavy (non-hydrogen) atoms. The van der Waals surface area contributed by atoms with Crippen molar-refractivity contribution in [3.63, 3.8) is 0 Å². The van der Waals surface area contributed by atoms with Crippen molar-refractivity contribution in [1.82, 2.24) is 10.2 Å². The van der Waals surface area contributed by atoms with Crippen molar-refractivity contribution < 1.29 is 4.79 Å². The van der Waals surface area contributed by atoms with Gasteiger partial charge in [-0.15, -0.1) is 0 Å². The summed E-state index contributed by atoms with van der Waals surface area (Å²) >= 11 is 0. The van der Waals surface area contributed by atoms with Gasteiger partial charge in [0.2, 0.25) is 0 Å². The van der Waals surface area contributed by atoms with Crippen LogP contribution in [0.2, 0.25) is 0 Å². The Morgan fingerprint density at radius 1 is 1.05 bits per heavy atom. The maximum absolute atomic E-state index is 11.8. The fourth-order valence-electron chi connectivity index (χ4n) is 2.95. The van der Waals surface area contributed by atoms with Gasteiger partial charge in [-0.1, -0.05) is 67.2 Å². The van der Waals surface area contributed by atoms with Gasteiger partial charge in [0, 0.05) is 25.6 Å². The van der Waals surface area contributed by atoms with E-state index < -0.39 is 0 Å². The Morgan fingerprint density at radius 2 is 1.59 bits per heavy atom. The van der Waals surface area contributed by atoms with Crippen LogP contribution in [0.5, 0.6) is 0 Å². The van der Waals surface area contributed by atoms with Crippen molar-refractivity contribution in [2.45, 2.75) is 5.92 Å². The molecule has 0 bridgehead atoms. The number of carbonyl (C=O) groups excluding carboxylic acids is 1. The molecule has 1 fully saturated rings. The quantitative estimate of drug-likeness (QED) is 0.842. The summed E-state index contributed by atoms with van der Waals surface area (Å²) in [5, 5.41) is 2.84. The summed E-state index contributed by atoms with van der Waals surface area (Å²) in [6, 6.07) is 20.7. The lowest BCUT2D eigenvalue weighted by Crippen LogP contribution is -2.31. The molecule has 0 spiro atoms. The van der Waals surface area contributed by atoms with Crippen molar-refractivity contribution in [2.75, 3.05) is 19.6 Å². The van der Waals surface area contributed by atoms with Gasteiger partial charge >= 0.3 is 6.03 Å². The van der Waals surface area contributed by atoms with Crippen LogP contribution >= 0.6 is 0 Å². The molecule has 1 heterocycles. The number of amides is 2. The smallest absolute Gasteiger partial charge is 0.317 e. The SMILES string of the molecule is C=C(CN1CCNC1=O)C(c1ccccc1)c1ccccc1. The van der Waals surface area contributed by atoms with Gasteiger partial charge in [-0.2, -0.15) is 0 Å². The topological polar surface area (TPSA) is 32.3 Å². The summed E-state index contributed by atoms with van der Waals surface area (Å²) in [7, 11) is 0. The largest absolute Gasteiger partial charge is 0.336 e. The lowest BCUT2D eigenvalue weighted by Gasteiger charge is -2.24. The number of rotatable bonds is 5. The molecule has 0 aromatic heterocycles. The normalized spacial score (nSPS) is 14.2. The summed E-state index contributed by atoms with van der Waals surface area (Å²) in [6.45, 7) is 6.33. The number of nitrogens with one attached hydrogen (secondary N) is 1. The molecule has 2 amide bonds. The molecule has 1 saturated heterocycles. The zero-order valence-electron chi connectivity index (χ0n) is 12.5. The lowest BCUT2D eigenvalue weighted by molar-refractivity contribution is 0.220. The summed E-state index contributed by atoms with van der Waals surface area (Å²) in [5.74, 6) is 0.107. The van der Waals surface area contributed by atoms with Crippen LogP contribution in [0.15, 0.2) is 72.8 Å². The van der Waals surface area contributed by atoms with E-state index in [0.29, 0.717) is 13.1 Å². The maximum Gasteiger partial charge on any atom is 0.317 e. The molecule has 0 atom stereocenters. The molecule has 1 N–H and O–H groups in total. The third-order valence-electron chi connectivity index (χ3n) is 4.01. The summed E-state index contributed by atoms with van der Waals surface area (Å²) in [6.07, 6.45) is 0. The fourth-order valence-corrected chi connectivity index (χ4v) is 2.95. The van der Waals surface area contributed by atoms with Crippen LogP contribution in [0.1, 0.15) is 17.0 Å². The van der Waals surface area contributed by atoms with Crippen LogP contribution in [-0.4, -0.2) is 30.6 Å². The highest BCUT2D eigenvalue weighted by Gasteiger charge is 2.24. The molecule has 1 aliphatic heterocycles. The Bertz CT molecular complexity index is 612. The van der Waals surface area contributed by atoms with E-state index in [1.807, 2.05) is 41.3 Å². The molecule has 0 unspecified atom stereocenters. The minimum absolute atomic E-state index is 0.000948. The molecular formula is C19H20N2O. The molecule has 1 aliphatic rings. The van der Waals surface area contributed by atoms with Crippen molar-refractivity contribution in [3.8, 4) is 0 Å². The Morgan fingerprint density at radius 3 is 2.05 bits per heavy atom. The minimum atomic E-state index is 0.000948. The van der Waals surface area contributed by atoms with Crippen LogP contribution in [0.25, 0.3) is 0 Å². The molecule has 3 nitrogen and oxygen atoms in total. The second-order valence-electron chi connectivity index (χ2n) is 5.57. The zero-order chi connectivity index (χ0) is 15.4. The number of urea groups is 1. The summed E-state index contributed by atoms with van der Waals surface area (Å²) in [5.41, 5.74) is 3.45. The maximum atomic E-state index is 11.8. The molecule has 2 aromatic carbocycles. The van der Waals surface area contributed by atoms with Gasteiger partial charge in [-0.3, -0.25) is 0 Å². The molecule has 3 heteroatoms. The van der Waals surface area contributed by atoms with Crippen LogP contribution in [-0.2, 0) is 0 Å². The molecule has 112 valence electrons. The van der Waals surface area contributed by atoms with E-state index in [9.17, 15) is 4.79 Å². The van der Waals surface area contributed by atoms with E-state index in [-0.39, 0.29) is 11.9 Å². The Balaban J connectivity index is 1.88. The highest BCUT2D eigenvalue weighted by atomic mass is 16.2. The lowest BCUT2D eigenvalue weighted by atomic mass is 9.85. The van der Waals surface area contributed by atoms with Crippen LogP contribution < -0.4 is 5.32 Å². The van der Waals surface area contributed by atoms with E-state index >= 15 is 0 Å². The summed E-state index contributed by atoms with van der Waals surface area (Å²) in [4.78, 5) is 13.6. The van der Waals surface area contributed by atoms with Crippen LogP contribution in [0.3, 0.4) is 0 Å². The first-order chi connectivity index (χ1) is 10.8. The molecule has 0 radical (unpaired) electrons. The molecule has 2 aromatic rings. The number of hydrogen-bond acceptors (Lipinski definition) is 1. The van der Waals surface area contributed by atoms with E-state index in [1.165, 1.54) is 11.1 Å². The standard InChI is InChI=1S/C19H20N2O/c1-15(14-21-13-12-20-19(21)22)18(16-8-4-2-5-9-16)17-10-6-3-7-11-17/h2-11,18H,1,12-14H2,(H,20,22). The molecule has 3 rings (SSSR count). The van der Waals surface area contributed by atoms with Gasteiger partial charge in [0.05, 0.1) is 0 Å². The Labute approximate surface area is 131 Å². The third-order valence-corrected chi connectivity index (χ3v) is 4.01. The van der Waals surface area contributed by atoms with Crippen LogP contribution in [0, 0.1) is 0 Å². The highest BCUT2D eigenvalue weighted by molar-refractivity contribution is 5.76. The number of benzene rings is 2. The first-order valence-corrected chi connectivity index (χ1v) is 7.56. The average molecular weight is 292 g/mol. The predicted molar refractivity (Wildman–Crippen MR) is 88.8 cm³/mol. The fraction of sp³-hybridized carbons (Fsp3) is 0.211. The molecule has 0 aliphatic carbocycles. The Hall–Kier alpha value is -2.55. The second kappa shape index (κ2) is 6.48. The van der Waals surface area contributed by atoms with Gasteiger partial charge in [-0.25, -0.2) is 4.79 Å². The average Bonchev–Trinajstić information content (AvgIpc) is 2.95. The monoisotopic (exact) mass is 292 g/mol. The minimum Gasteiger partial charge on any atom is -0.336 e. The van der Waals surface area contributed by atoms with Gasteiger partial charge in [-0.05, 0) is 16.7 Å². The zero-order valence-corrected chi connectivity index (χ0v) is 12.5. The van der Waals surface area contributed by atoms with Crippen molar-refractivity contribution in [3.05, 3.63) is 83.9 Å². The van der Waals surface area contributed by atoms with Gasteiger partial charge in [0.1, 0.15) is 0 Å². The van der Waals surface area contributed by atoms with Crippen molar-refractivity contribution >= 4 is 6.03 Å². The molecular weight excluding hydrogens is 272 g/mol. The number of hydrogen-bond donors (Lipinski definition) is 1. The van der Waals surface area contributed by atoms with E-state index in [2.05, 4.69) is 36.2 Å². The van der Waals surface area contributed by atoms with Crippen LogP contribution in [0.4, 0.5) is 4.79 Å². The third kappa shape index (κ3) is 3.03. The van der Waals surface area contributed by atoms with Gasteiger partial charge < -0.3 is 10.2 Å². The second-order valence-corrected chi connectivity index (χ2v) is 5.57. The van der Waals surface area contributed by atoms with Crippen molar-refractivity contribution in [2.24, 2.45) is 0 Å². The first kappa shape index (κ1) is 14.4. The van der Waals surface area contributed by atoms with E-state index in [0.717, 1.165) is 12.1 Å².